The van der Waals surface area contributed by atoms with Crippen molar-refractivity contribution in [2.45, 2.75) is 32.8 Å². The molecule has 1 saturated heterocycles. The van der Waals surface area contributed by atoms with Gasteiger partial charge in [0, 0.05) is 30.6 Å². The fraction of sp³-hybridized carbons (Fsp3) is 0.391. The van der Waals surface area contributed by atoms with Crippen LogP contribution in [-0.2, 0) is 11.4 Å². The fourth-order valence-corrected chi connectivity index (χ4v) is 3.54. The van der Waals surface area contributed by atoms with Gasteiger partial charge in [-0.15, -0.1) is 0 Å². The van der Waals surface area contributed by atoms with Crippen molar-refractivity contribution in [3.8, 4) is 5.75 Å². The molecule has 29 heavy (non-hydrogen) atoms. The van der Waals surface area contributed by atoms with E-state index in [1.165, 1.54) is 0 Å². The first-order valence-electron chi connectivity index (χ1n) is 10.1. The number of halogens is 1. The zero-order valence-corrected chi connectivity index (χ0v) is 17.5. The lowest BCUT2D eigenvalue weighted by Gasteiger charge is -2.31. The van der Waals surface area contributed by atoms with E-state index in [1.54, 1.807) is 6.07 Å². The Labute approximate surface area is 177 Å². The second-order valence-electron chi connectivity index (χ2n) is 7.27. The standard InChI is InChI=1S/C23H27ClN2O3/c1-2-13-25-22(27)18-11-14-26(15-12-18)23(28)20-5-3-4-6-21(20)29-16-17-7-9-19(24)10-8-17/h3-10,18H,2,11-16H2,1H3,(H,25,27). The maximum absolute atomic E-state index is 13.1. The SMILES string of the molecule is CCCNC(=O)C1CCN(C(=O)c2ccccc2OCc2ccc(Cl)cc2)CC1. The number of nitrogens with zero attached hydrogens (tertiary/aromatic N) is 1. The number of likely N-dealkylation sites (tertiary alicyclic amines) is 1. The van der Waals surface area contributed by atoms with Crippen LogP contribution in [0.4, 0.5) is 0 Å². The van der Waals surface area contributed by atoms with Gasteiger partial charge in [-0.1, -0.05) is 42.8 Å². The Kier molecular flexibility index (Phi) is 7.53. The van der Waals surface area contributed by atoms with Gasteiger partial charge in [0.05, 0.1) is 5.56 Å². The molecule has 0 radical (unpaired) electrons. The maximum atomic E-state index is 13.1. The lowest BCUT2D eigenvalue weighted by atomic mass is 9.95. The number of piperidine rings is 1. The summed E-state index contributed by atoms with van der Waals surface area (Å²) in [6, 6.07) is 14.7. The molecule has 0 spiro atoms. The van der Waals surface area contributed by atoms with Crippen molar-refractivity contribution in [3.63, 3.8) is 0 Å². The van der Waals surface area contributed by atoms with Gasteiger partial charge in [-0.05, 0) is 49.1 Å². The summed E-state index contributed by atoms with van der Waals surface area (Å²) in [6.45, 7) is 4.26. The lowest BCUT2D eigenvalue weighted by molar-refractivity contribution is -0.126. The smallest absolute Gasteiger partial charge is 0.257 e. The Hall–Kier alpha value is -2.53. The normalized spacial score (nSPS) is 14.5. The predicted octanol–water partition coefficient (Wildman–Crippen LogP) is 4.30. The number of carbonyl (C=O) groups is 2. The summed E-state index contributed by atoms with van der Waals surface area (Å²) in [6.07, 6.45) is 2.31. The molecule has 2 aromatic rings. The molecule has 1 N–H and O–H groups in total. The molecule has 0 atom stereocenters. The van der Waals surface area contributed by atoms with Gasteiger partial charge in [-0.2, -0.15) is 0 Å². The van der Waals surface area contributed by atoms with Crippen molar-refractivity contribution >= 4 is 23.4 Å². The molecule has 0 saturated carbocycles. The van der Waals surface area contributed by atoms with E-state index in [2.05, 4.69) is 5.32 Å². The van der Waals surface area contributed by atoms with Crippen LogP contribution in [0.2, 0.25) is 5.02 Å². The van der Waals surface area contributed by atoms with E-state index in [9.17, 15) is 9.59 Å². The molecule has 0 aliphatic carbocycles. The van der Waals surface area contributed by atoms with E-state index in [0.717, 1.165) is 12.0 Å². The molecule has 0 unspecified atom stereocenters. The quantitative estimate of drug-likeness (QED) is 0.734. The van der Waals surface area contributed by atoms with Crippen LogP contribution in [-0.4, -0.2) is 36.3 Å². The van der Waals surface area contributed by atoms with Crippen LogP contribution in [0.3, 0.4) is 0 Å². The number of para-hydroxylation sites is 1. The number of ether oxygens (including phenoxy) is 1. The molecule has 1 aliphatic heterocycles. The van der Waals surface area contributed by atoms with Crippen molar-refractivity contribution in [3.05, 3.63) is 64.7 Å². The van der Waals surface area contributed by atoms with Gasteiger partial charge in [0.2, 0.25) is 5.91 Å². The number of hydrogen-bond acceptors (Lipinski definition) is 3. The van der Waals surface area contributed by atoms with Crippen molar-refractivity contribution in [1.82, 2.24) is 10.2 Å². The minimum absolute atomic E-state index is 0.0120. The van der Waals surface area contributed by atoms with Crippen LogP contribution < -0.4 is 10.1 Å². The van der Waals surface area contributed by atoms with E-state index in [-0.39, 0.29) is 17.7 Å². The molecule has 154 valence electrons. The van der Waals surface area contributed by atoms with E-state index >= 15 is 0 Å². The Morgan fingerprint density at radius 3 is 2.48 bits per heavy atom. The van der Waals surface area contributed by atoms with Crippen LogP contribution in [0.5, 0.6) is 5.75 Å². The summed E-state index contributed by atoms with van der Waals surface area (Å²) >= 11 is 5.92. The van der Waals surface area contributed by atoms with Gasteiger partial charge in [-0.3, -0.25) is 9.59 Å². The molecule has 6 heteroatoms. The number of carbonyl (C=O) groups excluding carboxylic acids is 2. The van der Waals surface area contributed by atoms with E-state index in [1.807, 2.05) is 54.3 Å². The van der Waals surface area contributed by atoms with Crippen LogP contribution in [0.15, 0.2) is 48.5 Å². The predicted molar refractivity (Wildman–Crippen MR) is 114 cm³/mol. The number of benzene rings is 2. The van der Waals surface area contributed by atoms with Crippen LogP contribution >= 0.6 is 11.6 Å². The van der Waals surface area contributed by atoms with E-state index < -0.39 is 0 Å². The summed E-state index contributed by atoms with van der Waals surface area (Å²) in [5.41, 5.74) is 1.53. The van der Waals surface area contributed by atoms with E-state index in [0.29, 0.717) is 55.4 Å². The third-order valence-corrected chi connectivity index (χ3v) is 5.38. The number of rotatable bonds is 7. The Bertz CT molecular complexity index is 830. The van der Waals surface area contributed by atoms with Gasteiger partial charge in [-0.25, -0.2) is 0 Å². The highest BCUT2D eigenvalue weighted by Gasteiger charge is 2.28. The number of nitrogens with one attached hydrogen (secondary N) is 1. The highest BCUT2D eigenvalue weighted by molar-refractivity contribution is 6.30. The lowest BCUT2D eigenvalue weighted by Crippen LogP contribution is -2.43. The van der Waals surface area contributed by atoms with Gasteiger partial charge < -0.3 is 15.0 Å². The Morgan fingerprint density at radius 2 is 1.79 bits per heavy atom. The summed E-state index contributed by atoms with van der Waals surface area (Å²) in [4.78, 5) is 27.0. The molecule has 5 nitrogen and oxygen atoms in total. The maximum Gasteiger partial charge on any atom is 0.257 e. The molecule has 2 aromatic carbocycles. The zero-order chi connectivity index (χ0) is 20.6. The van der Waals surface area contributed by atoms with Gasteiger partial charge in [0.1, 0.15) is 12.4 Å². The molecular formula is C23H27ClN2O3. The summed E-state index contributed by atoms with van der Waals surface area (Å²) in [5, 5.41) is 3.63. The molecule has 2 amide bonds. The summed E-state index contributed by atoms with van der Waals surface area (Å²) in [7, 11) is 0. The highest BCUT2D eigenvalue weighted by Crippen LogP contribution is 2.25. The van der Waals surface area contributed by atoms with Crippen molar-refractivity contribution in [2.75, 3.05) is 19.6 Å². The second kappa shape index (κ2) is 10.3. The van der Waals surface area contributed by atoms with Crippen LogP contribution in [0, 0.1) is 5.92 Å². The third-order valence-electron chi connectivity index (χ3n) is 5.13. The average molecular weight is 415 g/mol. The largest absolute Gasteiger partial charge is 0.488 e. The molecular weight excluding hydrogens is 388 g/mol. The summed E-state index contributed by atoms with van der Waals surface area (Å²) in [5.74, 6) is 0.604. The van der Waals surface area contributed by atoms with Gasteiger partial charge in [0.15, 0.2) is 0 Å². The molecule has 0 bridgehead atoms. The van der Waals surface area contributed by atoms with E-state index in [4.69, 9.17) is 16.3 Å². The minimum atomic E-state index is -0.0517. The molecule has 3 rings (SSSR count). The summed E-state index contributed by atoms with van der Waals surface area (Å²) < 4.78 is 5.92. The minimum Gasteiger partial charge on any atom is -0.488 e. The Morgan fingerprint density at radius 1 is 1.10 bits per heavy atom. The molecule has 1 aliphatic rings. The fourth-order valence-electron chi connectivity index (χ4n) is 3.42. The zero-order valence-electron chi connectivity index (χ0n) is 16.7. The van der Waals surface area contributed by atoms with Crippen LogP contribution in [0.1, 0.15) is 42.1 Å². The second-order valence-corrected chi connectivity index (χ2v) is 7.71. The van der Waals surface area contributed by atoms with Crippen molar-refractivity contribution in [2.24, 2.45) is 5.92 Å². The molecule has 0 aromatic heterocycles. The highest BCUT2D eigenvalue weighted by atomic mass is 35.5. The van der Waals surface area contributed by atoms with Crippen LogP contribution in [0.25, 0.3) is 0 Å². The first-order valence-corrected chi connectivity index (χ1v) is 10.5. The van der Waals surface area contributed by atoms with Gasteiger partial charge >= 0.3 is 0 Å². The first kappa shape index (κ1) is 21.2. The Balaban J connectivity index is 1.60. The van der Waals surface area contributed by atoms with Gasteiger partial charge in [0.25, 0.3) is 5.91 Å². The average Bonchev–Trinajstić information content (AvgIpc) is 2.77. The molecule has 1 heterocycles. The van der Waals surface area contributed by atoms with Crippen molar-refractivity contribution in [1.29, 1.82) is 0 Å². The number of amides is 2. The third kappa shape index (κ3) is 5.73. The topological polar surface area (TPSA) is 58.6 Å². The molecule has 1 fully saturated rings. The monoisotopic (exact) mass is 414 g/mol. The first-order chi connectivity index (χ1) is 14.1. The number of hydrogen-bond donors (Lipinski definition) is 1. The van der Waals surface area contributed by atoms with Crippen molar-refractivity contribution < 1.29 is 14.3 Å².